The molecule has 0 aromatic rings. The fraction of sp³-hybridized carbons (Fsp3) is 0.800. The Morgan fingerprint density at radius 2 is 2.44 bits per heavy atom. The molecule has 1 heterocycles. The monoisotopic (exact) mass is 148 g/mol. The van der Waals surface area contributed by atoms with Crippen LogP contribution in [0.2, 0.25) is 0 Å². The molecular formula is C5H8O3S. The van der Waals surface area contributed by atoms with Gasteiger partial charge in [-0.25, -0.2) is 4.79 Å². The SMILES string of the molecule is O=C(O)C1CCC[S+]1[O-]. The quantitative estimate of drug-likeness (QED) is 0.532. The summed E-state index contributed by atoms with van der Waals surface area (Å²) in [6.45, 7) is 0. The summed E-state index contributed by atoms with van der Waals surface area (Å²) in [5.41, 5.74) is 0. The Bertz CT molecular complexity index is 125. The number of hydrogen-bond acceptors (Lipinski definition) is 2. The normalized spacial score (nSPS) is 34.8. The molecule has 2 atom stereocenters. The summed E-state index contributed by atoms with van der Waals surface area (Å²) in [4.78, 5) is 10.2. The van der Waals surface area contributed by atoms with E-state index in [0.717, 1.165) is 6.42 Å². The maximum atomic E-state index is 10.7. The Balaban J connectivity index is 2.49. The van der Waals surface area contributed by atoms with Crippen LogP contribution >= 0.6 is 0 Å². The molecule has 3 nitrogen and oxygen atoms in total. The fourth-order valence-electron chi connectivity index (χ4n) is 0.921. The predicted octanol–water partition coefficient (Wildman–Crippen LogP) is -0.0179. The summed E-state index contributed by atoms with van der Waals surface area (Å²) in [5, 5.41) is 7.81. The Morgan fingerprint density at radius 1 is 1.78 bits per heavy atom. The van der Waals surface area contributed by atoms with Gasteiger partial charge in [-0.05, 0) is 17.6 Å². The molecule has 1 saturated heterocycles. The van der Waals surface area contributed by atoms with Gasteiger partial charge in [-0.2, -0.15) is 0 Å². The standard InChI is InChI=1S/C5H8O3S/c6-5(7)4-2-1-3-9(4)8/h4H,1-3H2,(H,6,7). The molecule has 0 radical (unpaired) electrons. The van der Waals surface area contributed by atoms with Gasteiger partial charge >= 0.3 is 5.97 Å². The molecule has 1 fully saturated rings. The van der Waals surface area contributed by atoms with E-state index >= 15 is 0 Å². The largest absolute Gasteiger partial charge is 0.616 e. The minimum atomic E-state index is -1.09. The van der Waals surface area contributed by atoms with Crippen LogP contribution < -0.4 is 0 Å². The van der Waals surface area contributed by atoms with Gasteiger partial charge in [-0.15, -0.1) is 0 Å². The number of carbonyl (C=O) groups is 1. The van der Waals surface area contributed by atoms with Crippen LogP contribution in [0, 0.1) is 0 Å². The first-order valence-corrected chi connectivity index (χ1v) is 4.20. The smallest absolute Gasteiger partial charge is 0.357 e. The van der Waals surface area contributed by atoms with E-state index < -0.39 is 22.4 Å². The average Bonchev–Trinajstić information content (AvgIpc) is 2.13. The zero-order valence-corrected chi connectivity index (χ0v) is 5.69. The molecule has 0 aromatic heterocycles. The lowest BCUT2D eigenvalue weighted by Crippen LogP contribution is -2.25. The van der Waals surface area contributed by atoms with Crippen molar-refractivity contribution in [3.63, 3.8) is 0 Å². The van der Waals surface area contributed by atoms with E-state index in [1.807, 2.05) is 0 Å². The van der Waals surface area contributed by atoms with Crippen molar-refractivity contribution in [3.05, 3.63) is 0 Å². The van der Waals surface area contributed by atoms with Crippen LogP contribution in [-0.2, 0) is 16.0 Å². The van der Waals surface area contributed by atoms with Gasteiger partial charge in [0.05, 0.1) is 0 Å². The van der Waals surface area contributed by atoms with Crippen molar-refractivity contribution in [2.45, 2.75) is 18.1 Å². The van der Waals surface area contributed by atoms with Crippen molar-refractivity contribution in [2.24, 2.45) is 0 Å². The van der Waals surface area contributed by atoms with Gasteiger partial charge in [0.15, 0.2) is 0 Å². The third-order valence-corrected chi connectivity index (χ3v) is 3.17. The number of hydrogen-bond donors (Lipinski definition) is 1. The van der Waals surface area contributed by atoms with Crippen LogP contribution in [0.4, 0.5) is 0 Å². The van der Waals surface area contributed by atoms with Gasteiger partial charge in [0.25, 0.3) is 0 Å². The first kappa shape index (κ1) is 6.89. The lowest BCUT2D eigenvalue weighted by molar-refractivity contribution is -0.136. The highest BCUT2D eigenvalue weighted by molar-refractivity contribution is 7.93. The molecule has 1 aliphatic rings. The van der Waals surface area contributed by atoms with Crippen molar-refractivity contribution < 1.29 is 14.5 Å². The fourth-order valence-corrected chi connectivity index (χ4v) is 2.31. The number of carboxylic acids is 1. The second-order valence-corrected chi connectivity index (χ2v) is 3.79. The summed E-state index contributed by atoms with van der Waals surface area (Å²) in [6.07, 6.45) is 1.38. The summed E-state index contributed by atoms with van der Waals surface area (Å²) >= 11 is -1.09. The molecule has 0 spiro atoms. The van der Waals surface area contributed by atoms with Crippen molar-refractivity contribution in [1.82, 2.24) is 0 Å². The Labute approximate surface area is 56.2 Å². The summed E-state index contributed by atoms with van der Waals surface area (Å²) in [5.74, 6) is -0.345. The summed E-state index contributed by atoms with van der Waals surface area (Å²) in [6, 6.07) is 0. The second-order valence-electron chi connectivity index (χ2n) is 2.05. The minimum absolute atomic E-state index is 0.566. The molecule has 52 valence electrons. The topological polar surface area (TPSA) is 60.4 Å². The zero-order chi connectivity index (χ0) is 6.85. The number of rotatable bonds is 1. The molecule has 4 heteroatoms. The molecular weight excluding hydrogens is 140 g/mol. The van der Waals surface area contributed by atoms with Crippen molar-refractivity contribution in [2.75, 3.05) is 5.75 Å². The van der Waals surface area contributed by atoms with Crippen LogP contribution in [0.3, 0.4) is 0 Å². The maximum absolute atomic E-state index is 10.7. The number of carboxylic acid groups (broad SMARTS) is 1. The average molecular weight is 148 g/mol. The van der Waals surface area contributed by atoms with Crippen molar-refractivity contribution in [3.8, 4) is 0 Å². The van der Waals surface area contributed by atoms with Gasteiger partial charge in [0, 0.05) is 6.42 Å². The Hall–Kier alpha value is -0.220. The van der Waals surface area contributed by atoms with Crippen molar-refractivity contribution >= 4 is 17.1 Å². The van der Waals surface area contributed by atoms with Gasteiger partial charge in [0.2, 0.25) is 5.25 Å². The van der Waals surface area contributed by atoms with Gasteiger partial charge < -0.3 is 9.66 Å². The lowest BCUT2D eigenvalue weighted by atomic mass is 10.3. The third-order valence-electron chi connectivity index (χ3n) is 1.40. The Morgan fingerprint density at radius 3 is 2.67 bits per heavy atom. The first-order chi connectivity index (χ1) is 4.22. The van der Waals surface area contributed by atoms with E-state index in [9.17, 15) is 9.35 Å². The van der Waals surface area contributed by atoms with E-state index in [1.165, 1.54) is 0 Å². The van der Waals surface area contributed by atoms with E-state index in [0.29, 0.717) is 12.2 Å². The first-order valence-electron chi connectivity index (χ1n) is 2.82. The number of aliphatic carboxylic acids is 1. The van der Waals surface area contributed by atoms with Gasteiger partial charge in [-0.1, -0.05) is 0 Å². The van der Waals surface area contributed by atoms with Crippen molar-refractivity contribution in [1.29, 1.82) is 0 Å². The molecule has 0 aromatic carbocycles. The molecule has 0 saturated carbocycles. The molecule has 1 rings (SSSR count). The van der Waals surface area contributed by atoms with Crippen LogP contribution in [-0.4, -0.2) is 26.6 Å². The highest BCUT2D eigenvalue weighted by Crippen LogP contribution is 2.19. The van der Waals surface area contributed by atoms with Gasteiger partial charge in [0.1, 0.15) is 5.75 Å². The maximum Gasteiger partial charge on any atom is 0.357 e. The highest BCUT2D eigenvalue weighted by atomic mass is 32.2. The Kier molecular flexibility index (Phi) is 1.97. The molecule has 0 bridgehead atoms. The zero-order valence-electron chi connectivity index (χ0n) is 4.87. The molecule has 2 unspecified atom stereocenters. The van der Waals surface area contributed by atoms with Crippen LogP contribution in [0.15, 0.2) is 0 Å². The molecule has 1 N–H and O–H groups in total. The van der Waals surface area contributed by atoms with Crippen LogP contribution in [0.25, 0.3) is 0 Å². The molecule has 0 amide bonds. The predicted molar refractivity (Wildman–Crippen MR) is 33.7 cm³/mol. The van der Waals surface area contributed by atoms with Crippen LogP contribution in [0.1, 0.15) is 12.8 Å². The molecule has 1 aliphatic heterocycles. The van der Waals surface area contributed by atoms with E-state index in [1.54, 1.807) is 0 Å². The highest BCUT2D eigenvalue weighted by Gasteiger charge is 2.34. The molecule has 0 aliphatic carbocycles. The van der Waals surface area contributed by atoms with E-state index in [-0.39, 0.29) is 0 Å². The molecule has 9 heavy (non-hydrogen) atoms. The van der Waals surface area contributed by atoms with E-state index in [2.05, 4.69) is 0 Å². The second kappa shape index (κ2) is 2.58. The summed E-state index contributed by atoms with van der Waals surface area (Å²) in [7, 11) is 0. The van der Waals surface area contributed by atoms with Gasteiger partial charge in [-0.3, -0.25) is 0 Å². The van der Waals surface area contributed by atoms with E-state index in [4.69, 9.17) is 5.11 Å². The summed E-state index contributed by atoms with van der Waals surface area (Å²) < 4.78 is 10.7. The minimum Gasteiger partial charge on any atom is -0.616 e. The third kappa shape index (κ3) is 1.37. The lowest BCUT2D eigenvalue weighted by Gasteiger charge is -2.07. The van der Waals surface area contributed by atoms with Crippen LogP contribution in [0.5, 0.6) is 0 Å².